The molecule has 0 aliphatic rings. The molecule has 0 aliphatic heterocycles. The molecular weight excluding hydrogens is 528 g/mol. The van der Waals surface area contributed by atoms with Crippen molar-refractivity contribution in [3.8, 4) is 0 Å². The second-order valence-electron chi connectivity index (χ2n) is 15.2. The molecule has 0 radical (unpaired) electrons. The number of hydrogen-bond donors (Lipinski definition) is 3. The zero-order valence-electron chi connectivity index (χ0n) is 28.8. The molecule has 2 atom stereocenters. The highest BCUT2D eigenvalue weighted by atomic mass is 32.1. The molecule has 0 saturated heterocycles. The Labute approximate surface area is 259 Å². The van der Waals surface area contributed by atoms with Crippen LogP contribution in [0.4, 0.5) is 0 Å². The number of hydrogen-bond acceptors (Lipinski definition) is 6. The van der Waals surface area contributed by atoms with Gasteiger partial charge in [0, 0.05) is 18.8 Å². The molecule has 1 aromatic rings. The minimum Gasteiger partial charge on any atom is -0.465 e. The third kappa shape index (κ3) is 12.4. The maximum Gasteiger partial charge on any atom is 0.312 e. The van der Waals surface area contributed by atoms with Crippen LogP contribution in [-0.4, -0.2) is 45.5 Å². The Morgan fingerprint density at radius 3 is 1.90 bits per heavy atom. The largest absolute Gasteiger partial charge is 0.465 e. The van der Waals surface area contributed by atoms with E-state index >= 15 is 0 Å². The van der Waals surface area contributed by atoms with Gasteiger partial charge in [-0.3, -0.25) is 4.79 Å². The van der Waals surface area contributed by atoms with Crippen molar-refractivity contribution in [2.24, 2.45) is 27.1 Å². The van der Waals surface area contributed by atoms with Gasteiger partial charge in [-0.15, -0.1) is 0 Å². The highest BCUT2D eigenvalue weighted by Crippen LogP contribution is 2.59. The van der Waals surface area contributed by atoms with Crippen LogP contribution in [0.2, 0.25) is 0 Å². The minimum absolute atomic E-state index is 0.0744. The van der Waals surface area contributed by atoms with Gasteiger partial charge in [-0.1, -0.05) is 93.5 Å². The zero-order chi connectivity index (χ0) is 32.1. The summed E-state index contributed by atoms with van der Waals surface area (Å²) < 4.78 is 5.95. The number of esters is 1. The van der Waals surface area contributed by atoms with Crippen LogP contribution in [0.3, 0.4) is 0 Å². The number of carbonyl (C=O) groups excluding carboxylic acids is 2. The predicted molar refractivity (Wildman–Crippen MR) is 180 cm³/mol. The van der Waals surface area contributed by atoms with Crippen molar-refractivity contribution in [1.29, 1.82) is 0 Å². The Morgan fingerprint density at radius 2 is 1.46 bits per heavy atom. The molecule has 0 bridgehead atoms. The molecule has 0 aromatic heterocycles. The number of carbonyl (C=O) groups is 2. The van der Waals surface area contributed by atoms with E-state index in [0.29, 0.717) is 12.5 Å². The third-order valence-electron chi connectivity index (χ3n) is 9.18. The smallest absolute Gasteiger partial charge is 0.312 e. The van der Waals surface area contributed by atoms with Gasteiger partial charge in [-0.05, 0) is 85.4 Å². The lowest BCUT2D eigenvalue weighted by atomic mass is 9.50. The van der Waals surface area contributed by atoms with Gasteiger partial charge in [0.15, 0.2) is 0 Å². The molecule has 1 rings (SSSR count). The summed E-state index contributed by atoms with van der Waals surface area (Å²) in [6.07, 6.45) is 3.40. The second kappa shape index (κ2) is 17.1. The van der Waals surface area contributed by atoms with E-state index in [1.54, 1.807) is 0 Å². The fourth-order valence-electron chi connectivity index (χ4n) is 5.34. The molecule has 2 unspecified atom stereocenters. The molecule has 0 spiro atoms. The van der Waals surface area contributed by atoms with Crippen LogP contribution in [0.1, 0.15) is 119 Å². The Morgan fingerprint density at radius 1 is 0.927 bits per heavy atom. The first-order valence-corrected chi connectivity index (χ1v) is 16.0. The molecule has 6 heteroatoms. The lowest BCUT2D eigenvalue weighted by Gasteiger charge is -2.53. The van der Waals surface area contributed by atoms with Gasteiger partial charge in [-0.2, -0.15) is 12.6 Å². The summed E-state index contributed by atoms with van der Waals surface area (Å²) in [6.45, 7) is 29.8. The fraction of sp³-hybridized carbons (Fsp3) is 0.771. The van der Waals surface area contributed by atoms with Crippen molar-refractivity contribution in [2.75, 3.05) is 33.3 Å². The van der Waals surface area contributed by atoms with Crippen LogP contribution in [0, 0.1) is 27.1 Å². The van der Waals surface area contributed by atoms with Gasteiger partial charge >= 0.3 is 5.97 Å². The van der Waals surface area contributed by atoms with E-state index in [-0.39, 0.29) is 27.6 Å². The summed E-state index contributed by atoms with van der Waals surface area (Å²) in [5, 5.41) is 6.51. The highest BCUT2D eigenvalue weighted by Gasteiger charge is 2.54. The highest BCUT2D eigenvalue weighted by molar-refractivity contribution is 7.79. The van der Waals surface area contributed by atoms with Gasteiger partial charge in [0.05, 0.1) is 12.0 Å². The van der Waals surface area contributed by atoms with Crippen molar-refractivity contribution in [3.63, 3.8) is 0 Å². The number of thiol groups is 1. The first-order valence-electron chi connectivity index (χ1n) is 15.4. The van der Waals surface area contributed by atoms with Crippen LogP contribution < -0.4 is 10.6 Å². The Balaban J connectivity index is 0.00000509. The van der Waals surface area contributed by atoms with Crippen LogP contribution in [0.15, 0.2) is 24.3 Å². The van der Waals surface area contributed by atoms with E-state index in [4.69, 9.17) is 9.53 Å². The molecule has 2 N–H and O–H groups in total. The van der Waals surface area contributed by atoms with Crippen molar-refractivity contribution in [1.82, 2.24) is 10.6 Å². The zero-order valence-corrected chi connectivity index (χ0v) is 29.7. The average Bonchev–Trinajstić information content (AvgIpc) is 2.85. The van der Waals surface area contributed by atoms with Gasteiger partial charge in [-0.25, -0.2) is 0 Å². The monoisotopic (exact) mass is 592 g/mol. The molecule has 1 aromatic carbocycles. The number of aldehydes is 1. The topological polar surface area (TPSA) is 67.4 Å². The number of ether oxygens (including phenoxy) is 1. The van der Waals surface area contributed by atoms with Crippen LogP contribution in [-0.2, 0) is 20.1 Å². The fourth-order valence-corrected chi connectivity index (χ4v) is 5.55. The molecule has 0 amide bonds. The molecule has 238 valence electrons. The van der Waals surface area contributed by atoms with E-state index in [1.165, 1.54) is 18.1 Å². The normalized spacial score (nSPS) is 14.9. The SMILES string of the molecule is CC=O.CNCCNCCCOC(=O)C(C)(CC(C)(C)C(C)(C)C(CC(C)(C)C)c1ccc(CS)cc1)C(C)(C)C. The maximum atomic E-state index is 13.7. The van der Waals surface area contributed by atoms with E-state index in [0.717, 1.165) is 50.9 Å². The number of rotatable bonds is 15. The van der Waals surface area contributed by atoms with Gasteiger partial charge in [0.1, 0.15) is 6.29 Å². The van der Waals surface area contributed by atoms with Crippen molar-refractivity contribution >= 4 is 24.9 Å². The number of likely N-dealkylation sites (N-methyl/N-ethyl adjacent to an activating group) is 1. The van der Waals surface area contributed by atoms with E-state index in [2.05, 4.69) is 124 Å². The first kappa shape index (κ1) is 39.6. The standard InChI is InChI=1S/C33H60N2O2S.C2H4O/c1-29(2,3)22-27(26-16-14-25(23-38)15-17-26)32(9,10)31(7,8)24-33(11,30(4,5)6)28(36)37-21-13-18-35-20-19-34-12;1-2-3/h14-17,27,34-35,38H,13,18-24H2,1-12H3;2H,1H3. The Bertz CT molecular complexity index is 897. The van der Waals surface area contributed by atoms with Gasteiger partial charge in [0.25, 0.3) is 0 Å². The van der Waals surface area contributed by atoms with E-state index < -0.39 is 5.41 Å². The molecule has 0 fully saturated rings. The average molecular weight is 593 g/mol. The first-order chi connectivity index (χ1) is 18.7. The molecule has 0 heterocycles. The Kier molecular flexibility index (Phi) is 16.5. The summed E-state index contributed by atoms with van der Waals surface area (Å²) in [5.74, 6) is 1.02. The molecule has 0 aliphatic carbocycles. The molecular formula is C35H64N2O3S. The summed E-state index contributed by atoms with van der Waals surface area (Å²) in [5.41, 5.74) is 1.71. The van der Waals surface area contributed by atoms with Crippen molar-refractivity contribution < 1.29 is 14.3 Å². The summed E-state index contributed by atoms with van der Waals surface area (Å²) >= 11 is 4.46. The maximum absolute atomic E-state index is 13.7. The number of nitrogens with one attached hydrogen (secondary N) is 2. The summed E-state index contributed by atoms with van der Waals surface area (Å²) in [6, 6.07) is 9.01. The quantitative estimate of drug-likeness (QED) is 0.0831. The van der Waals surface area contributed by atoms with Crippen molar-refractivity contribution in [3.05, 3.63) is 35.4 Å². The van der Waals surface area contributed by atoms with Crippen molar-refractivity contribution in [2.45, 2.75) is 114 Å². The Hall–Kier alpha value is -1.37. The van der Waals surface area contributed by atoms with Crippen LogP contribution >= 0.6 is 12.6 Å². The van der Waals surface area contributed by atoms with Crippen LogP contribution in [0.5, 0.6) is 0 Å². The predicted octanol–water partition coefficient (Wildman–Crippen LogP) is 8.08. The molecule has 41 heavy (non-hydrogen) atoms. The van der Waals surface area contributed by atoms with Gasteiger partial charge < -0.3 is 20.2 Å². The van der Waals surface area contributed by atoms with Gasteiger partial charge in [0.2, 0.25) is 0 Å². The van der Waals surface area contributed by atoms with E-state index in [1.807, 2.05) is 7.05 Å². The lowest BCUT2D eigenvalue weighted by molar-refractivity contribution is -0.167. The summed E-state index contributed by atoms with van der Waals surface area (Å²) in [4.78, 5) is 22.5. The van der Waals surface area contributed by atoms with E-state index in [9.17, 15) is 4.79 Å². The molecule has 0 saturated carbocycles. The second-order valence-corrected chi connectivity index (χ2v) is 15.5. The third-order valence-corrected chi connectivity index (χ3v) is 9.55. The summed E-state index contributed by atoms with van der Waals surface area (Å²) in [7, 11) is 1.95. The molecule has 5 nitrogen and oxygen atoms in total. The lowest BCUT2D eigenvalue weighted by Crippen LogP contribution is -2.49. The number of benzene rings is 1. The van der Waals surface area contributed by atoms with Crippen LogP contribution in [0.25, 0.3) is 0 Å². The minimum atomic E-state index is -0.616.